The lowest BCUT2D eigenvalue weighted by molar-refractivity contribution is -0.121. The van der Waals surface area contributed by atoms with E-state index in [0.29, 0.717) is 16.5 Å². The molecule has 0 radical (unpaired) electrons. The van der Waals surface area contributed by atoms with Crippen LogP contribution < -0.4 is 10.1 Å². The normalized spacial score (nSPS) is 21.5. The van der Waals surface area contributed by atoms with Crippen LogP contribution in [0.4, 0.5) is 5.69 Å². The average molecular weight is 341 g/mol. The molecule has 2 N–H and O–H groups in total. The summed E-state index contributed by atoms with van der Waals surface area (Å²) in [6.45, 7) is 5.30. The maximum atomic E-state index is 12.6. The van der Waals surface area contributed by atoms with Crippen molar-refractivity contribution < 1.29 is 14.6 Å². The van der Waals surface area contributed by atoms with Crippen LogP contribution in [0.2, 0.25) is 5.02 Å². The van der Waals surface area contributed by atoms with Crippen molar-refractivity contribution in [2.45, 2.75) is 38.8 Å². The summed E-state index contributed by atoms with van der Waals surface area (Å²) in [6, 6.07) is 4.85. The van der Waals surface area contributed by atoms with Gasteiger partial charge in [-0.05, 0) is 57.4 Å². The standard InChI is InChI=1S/C17H25ClN2O3/c1-11(20-8-4-5-13(10-20)12(2)21)17(22)19-15-9-14(18)6-7-16(15)23-3/h6-7,9,11-13,21H,4-5,8,10H2,1-3H3,(H,19,22). The molecule has 5 nitrogen and oxygen atoms in total. The molecule has 128 valence electrons. The monoisotopic (exact) mass is 340 g/mol. The number of methoxy groups -OCH3 is 1. The summed E-state index contributed by atoms with van der Waals surface area (Å²) in [4.78, 5) is 14.7. The van der Waals surface area contributed by atoms with Crippen LogP contribution in [0.1, 0.15) is 26.7 Å². The van der Waals surface area contributed by atoms with Crippen LogP contribution in [0, 0.1) is 5.92 Å². The van der Waals surface area contributed by atoms with Gasteiger partial charge in [-0.3, -0.25) is 9.69 Å². The molecule has 0 aromatic heterocycles. The lowest BCUT2D eigenvalue weighted by Gasteiger charge is -2.37. The predicted molar refractivity (Wildman–Crippen MR) is 92.1 cm³/mol. The number of carbonyl (C=O) groups excluding carboxylic acids is 1. The molecule has 1 heterocycles. The highest BCUT2D eigenvalue weighted by Gasteiger charge is 2.29. The minimum Gasteiger partial charge on any atom is -0.495 e. The molecule has 0 aliphatic carbocycles. The number of hydrogen-bond donors (Lipinski definition) is 2. The molecule has 1 aliphatic rings. The number of hydrogen-bond acceptors (Lipinski definition) is 4. The zero-order valence-corrected chi connectivity index (χ0v) is 14.6. The van der Waals surface area contributed by atoms with E-state index in [1.54, 1.807) is 25.3 Å². The fourth-order valence-electron chi connectivity index (χ4n) is 2.97. The van der Waals surface area contributed by atoms with Crippen molar-refractivity contribution in [2.24, 2.45) is 5.92 Å². The number of likely N-dealkylation sites (tertiary alicyclic amines) is 1. The highest BCUT2D eigenvalue weighted by Crippen LogP contribution is 2.28. The quantitative estimate of drug-likeness (QED) is 0.865. The average Bonchev–Trinajstić information content (AvgIpc) is 2.54. The number of nitrogens with one attached hydrogen (secondary N) is 1. The van der Waals surface area contributed by atoms with Crippen molar-refractivity contribution in [3.8, 4) is 5.75 Å². The maximum absolute atomic E-state index is 12.6. The van der Waals surface area contributed by atoms with Crippen molar-refractivity contribution in [2.75, 3.05) is 25.5 Å². The van der Waals surface area contributed by atoms with Gasteiger partial charge in [-0.1, -0.05) is 11.6 Å². The van der Waals surface area contributed by atoms with Gasteiger partial charge in [-0.25, -0.2) is 0 Å². The first-order valence-corrected chi connectivity index (χ1v) is 8.36. The molecule has 0 spiro atoms. The van der Waals surface area contributed by atoms with Crippen LogP contribution in [0.25, 0.3) is 0 Å². The molecule has 3 unspecified atom stereocenters. The summed E-state index contributed by atoms with van der Waals surface area (Å²) in [5.74, 6) is 0.701. The third kappa shape index (κ3) is 4.59. The zero-order chi connectivity index (χ0) is 17.0. The molecule has 3 atom stereocenters. The Balaban J connectivity index is 2.04. The SMILES string of the molecule is COc1ccc(Cl)cc1NC(=O)C(C)N1CCCC(C(C)O)C1. The Labute approximate surface area is 142 Å². The Morgan fingerprint density at radius 1 is 1.48 bits per heavy atom. The molecule has 1 saturated heterocycles. The van der Waals surface area contributed by atoms with Crippen LogP contribution in [-0.4, -0.2) is 48.3 Å². The summed E-state index contributed by atoms with van der Waals surface area (Å²) >= 11 is 5.99. The summed E-state index contributed by atoms with van der Waals surface area (Å²) in [7, 11) is 1.56. The van der Waals surface area contributed by atoms with Gasteiger partial charge in [0.2, 0.25) is 5.91 Å². The van der Waals surface area contributed by atoms with Gasteiger partial charge in [0.15, 0.2) is 0 Å². The van der Waals surface area contributed by atoms with E-state index in [1.807, 2.05) is 13.8 Å². The summed E-state index contributed by atoms with van der Waals surface area (Å²) in [5, 5.41) is 13.2. The fraction of sp³-hybridized carbons (Fsp3) is 0.588. The second kappa shape index (κ2) is 7.99. The molecule has 6 heteroatoms. The van der Waals surface area contributed by atoms with Gasteiger partial charge in [0, 0.05) is 11.6 Å². The first-order chi connectivity index (χ1) is 10.9. The molecule has 23 heavy (non-hydrogen) atoms. The second-order valence-corrected chi connectivity index (χ2v) is 6.58. The molecule has 1 aliphatic heterocycles. The van der Waals surface area contributed by atoms with Gasteiger partial charge in [0.25, 0.3) is 0 Å². The number of carbonyl (C=O) groups is 1. The molecule has 0 bridgehead atoms. The van der Waals surface area contributed by atoms with E-state index in [0.717, 1.165) is 25.9 Å². The number of amides is 1. The first-order valence-electron chi connectivity index (χ1n) is 7.99. The van der Waals surface area contributed by atoms with E-state index in [1.165, 1.54) is 0 Å². The van der Waals surface area contributed by atoms with Crippen LogP contribution >= 0.6 is 11.6 Å². The molecule has 1 amide bonds. The minimum absolute atomic E-state index is 0.100. The Morgan fingerprint density at radius 2 is 2.22 bits per heavy atom. The third-order valence-corrected chi connectivity index (χ3v) is 4.75. The zero-order valence-electron chi connectivity index (χ0n) is 13.9. The highest BCUT2D eigenvalue weighted by atomic mass is 35.5. The predicted octanol–water partition coefficient (Wildman–Crippen LogP) is 2.77. The van der Waals surface area contributed by atoms with Gasteiger partial charge in [-0.2, -0.15) is 0 Å². The van der Waals surface area contributed by atoms with Crippen LogP contribution in [0.5, 0.6) is 5.75 Å². The number of halogens is 1. The number of anilines is 1. The molecular formula is C17H25ClN2O3. The summed E-state index contributed by atoms with van der Waals surface area (Å²) < 4.78 is 5.25. The third-order valence-electron chi connectivity index (χ3n) is 4.52. The Hall–Kier alpha value is -1.30. The van der Waals surface area contributed by atoms with Crippen LogP contribution in [0.3, 0.4) is 0 Å². The molecule has 1 aromatic rings. The van der Waals surface area contributed by atoms with E-state index >= 15 is 0 Å². The molecule has 2 rings (SSSR count). The Bertz CT molecular complexity index is 551. The number of aliphatic hydroxyl groups excluding tert-OH is 1. The van der Waals surface area contributed by atoms with Gasteiger partial charge in [0.05, 0.1) is 24.9 Å². The smallest absolute Gasteiger partial charge is 0.241 e. The molecule has 1 aromatic carbocycles. The van der Waals surface area contributed by atoms with Gasteiger partial charge in [0.1, 0.15) is 5.75 Å². The fourth-order valence-corrected chi connectivity index (χ4v) is 3.14. The van der Waals surface area contributed by atoms with Gasteiger partial charge in [-0.15, -0.1) is 0 Å². The van der Waals surface area contributed by atoms with Crippen LogP contribution in [-0.2, 0) is 4.79 Å². The van der Waals surface area contributed by atoms with Crippen molar-refractivity contribution in [3.63, 3.8) is 0 Å². The highest BCUT2D eigenvalue weighted by molar-refractivity contribution is 6.31. The molecule has 1 fully saturated rings. The first kappa shape index (κ1) is 18.0. The Kier molecular flexibility index (Phi) is 6.27. The number of aliphatic hydroxyl groups is 1. The van der Waals surface area contributed by atoms with Gasteiger partial charge < -0.3 is 15.2 Å². The topological polar surface area (TPSA) is 61.8 Å². The number of ether oxygens (including phenoxy) is 1. The number of nitrogens with zero attached hydrogens (tertiary/aromatic N) is 1. The van der Waals surface area contributed by atoms with Crippen LogP contribution in [0.15, 0.2) is 18.2 Å². The molecule has 0 saturated carbocycles. The number of rotatable bonds is 5. The Morgan fingerprint density at radius 3 is 2.87 bits per heavy atom. The van der Waals surface area contributed by atoms with E-state index < -0.39 is 0 Å². The lowest BCUT2D eigenvalue weighted by atomic mass is 9.92. The lowest BCUT2D eigenvalue weighted by Crippen LogP contribution is -2.48. The van der Waals surface area contributed by atoms with E-state index in [4.69, 9.17) is 16.3 Å². The number of piperidine rings is 1. The largest absolute Gasteiger partial charge is 0.495 e. The second-order valence-electron chi connectivity index (χ2n) is 6.15. The van der Waals surface area contributed by atoms with Crippen molar-refractivity contribution in [1.82, 2.24) is 4.90 Å². The van der Waals surface area contributed by atoms with Crippen molar-refractivity contribution in [1.29, 1.82) is 0 Å². The van der Waals surface area contributed by atoms with E-state index in [-0.39, 0.29) is 24.0 Å². The number of benzene rings is 1. The van der Waals surface area contributed by atoms with Crippen molar-refractivity contribution >= 4 is 23.2 Å². The van der Waals surface area contributed by atoms with Gasteiger partial charge >= 0.3 is 0 Å². The van der Waals surface area contributed by atoms with E-state index in [2.05, 4.69) is 10.2 Å². The minimum atomic E-state index is -0.346. The van der Waals surface area contributed by atoms with E-state index in [9.17, 15) is 9.90 Å². The summed E-state index contributed by atoms with van der Waals surface area (Å²) in [5.41, 5.74) is 0.570. The molecular weight excluding hydrogens is 316 g/mol. The van der Waals surface area contributed by atoms with Crippen molar-refractivity contribution in [3.05, 3.63) is 23.2 Å². The maximum Gasteiger partial charge on any atom is 0.241 e. The summed E-state index contributed by atoms with van der Waals surface area (Å²) in [6.07, 6.45) is 1.65.